The lowest BCUT2D eigenvalue weighted by molar-refractivity contribution is -0.132. The van der Waals surface area contributed by atoms with Gasteiger partial charge in [0.25, 0.3) is 0 Å². The molecule has 33 heavy (non-hydrogen) atoms. The SMILES string of the molecule is COCCOc1ccc(C2(c3cccc(-c4cccnc4F)c3)COC(NOC=O)=N2)cc1. The summed E-state index contributed by atoms with van der Waals surface area (Å²) in [4.78, 5) is 23.6. The number of pyridine rings is 1. The van der Waals surface area contributed by atoms with Crippen LogP contribution in [0, 0.1) is 5.95 Å². The van der Waals surface area contributed by atoms with Crippen molar-refractivity contribution in [1.29, 1.82) is 0 Å². The summed E-state index contributed by atoms with van der Waals surface area (Å²) < 4.78 is 30.7. The average Bonchev–Trinajstić information content (AvgIpc) is 3.29. The Morgan fingerprint density at radius 3 is 2.73 bits per heavy atom. The van der Waals surface area contributed by atoms with Crippen LogP contribution in [-0.4, -0.2) is 44.4 Å². The molecule has 0 aliphatic carbocycles. The number of aliphatic imine (C=N–C) groups is 1. The van der Waals surface area contributed by atoms with Gasteiger partial charge >= 0.3 is 12.5 Å². The van der Waals surface area contributed by atoms with Crippen LogP contribution in [0.3, 0.4) is 0 Å². The summed E-state index contributed by atoms with van der Waals surface area (Å²) in [5.41, 5.74) is 4.02. The van der Waals surface area contributed by atoms with Crippen LogP contribution in [0.25, 0.3) is 11.1 Å². The molecule has 0 saturated carbocycles. The molecule has 1 aliphatic rings. The Kier molecular flexibility index (Phi) is 6.80. The Labute approximate surface area is 189 Å². The zero-order valence-corrected chi connectivity index (χ0v) is 17.9. The third kappa shape index (κ3) is 4.78. The molecule has 0 amide bonds. The number of ether oxygens (including phenoxy) is 3. The highest BCUT2D eigenvalue weighted by Gasteiger charge is 2.41. The maximum atomic E-state index is 14.3. The highest BCUT2D eigenvalue weighted by Crippen LogP contribution is 2.40. The molecule has 1 unspecified atom stereocenters. The molecule has 2 aromatic carbocycles. The molecule has 2 heterocycles. The van der Waals surface area contributed by atoms with Crippen molar-refractivity contribution < 1.29 is 28.2 Å². The molecule has 9 heteroatoms. The summed E-state index contributed by atoms with van der Waals surface area (Å²) in [5.74, 6) is 0.122. The van der Waals surface area contributed by atoms with Gasteiger partial charge in [-0.15, -0.1) is 0 Å². The van der Waals surface area contributed by atoms with E-state index >= 15 is 0 Å². The monoisotopic (exact) mass is 451 g/mol. The minimum atomic E-state index is -0.964. The quantitative estimate of drug-likeness (QED) is 0.231. The Balaban J connectivity index is 1.74. The zero-order chi connectivity index (χ0) is 23.1. The number of hydrogen-bond donors (Lipinski definition) is 1. The van der Waals surface area contributed by atoms with Crippen LogP contribution in [0.4, 0.5) is 4.39 Å². The van der Waals surface area contributed by atoms with Crippen LogP contribution in [0.5, 0.6) is 5.75 Å². The van der Waals surface area contributed by atoms with Crippen LogP contribution in [0.1, 0.15) is 11.1 Å². The predicted octanol–water partition coefficient (Wildman–Crippen LogP) is 3.22. The molecule has 3 aromatic rings. The van der Waals surface area contributed by atoms with Crippen LogP contribution in [-0.2, 0) is 24.6 Å². The fraction of sp³-hybridized carbons (Fsp3) is 0.208. The van der Waals surface area contributed by atoms with E-state index in [1.807, 2.05) is 42.5 Å². The van der Waals surface area contributed by atoms with E-state index in [0.29, 0.717) is 30.1 Å². The van der Waals surface area contributed by atoms with Gasteiger partial charge in [-0.25, -0.2) is 9.98 Å². The number of benzene rings is 2. The molecule has 0 bridgehead atoms. The maximum Gasteiger partial charge on any atom is 0.320 e. The van der Waals surface area contributed by atoms with E-state index in [9.17, 15) is 9.18 Å². The van der Waals surface area contributed by atoms with Gasteiger partial charge in [0.2, 0.25) is 5.95 Å². The predicted molar refractivity (Wildman–Crippen MR) is 118 cm³/mol. The highest BCUT2D eigenvalue weighted by molar-refractivity contribution is 5.77. The Morgan fingerprint density at radius 2 is 1.97 bits per heavy atom. The first kappa shape index (κ1) is 22.2. The number of amidine groups is 1. The number of nitrogens with one attached hydrogen (secondary N) is 1. The van der Waals surface area contributed by atoms with Crippen molar-refractivity contribution in [3.05, 3.63) is 83.9 Å². The molecule has 170 valence electrons. The van der Waals surface area contributed by atoms with E-state index < -0.39 is 11.5 Å². The number of methoxy groups -OCH3 is 1. The molecule has 0 fully saturated rings. The van der Waals surface area contributed by atoms with Gasteiger partial charge in [0.1, 0.15) is 19.0 Å². The number of carbonyl (C=O) groups is 1. The van der Waals surface area contributed by atoms with Crippen molar-refractivity contribution in [1.82, 2.24) is 10.5 Å². The fourth-order valence-corrected chi connectivity index (χ4v) is 3.61. The van der Waals surface area contributed by atoms with E-state index in [1.54, 1.807) is 25.3 Å². The third-order valence-electron chi connectivity index (χ3n) is 5.20. The van der Waals surface area contributed by atoms with Crippen molar-refractivity contribution in [2.24, 2.45) is 4.99 Å². The number of rotatable bonds is 9. The maximum absolute atomic E-state index is 14.3. The van der Waals surface area contributed by atoms with E-state index in [4.69, 9.17) is 14.2 Å². The lowest BCUT2D eigenvalue weighted by atomic mass is 9.83. The van der Waals surface area contributed by atoms with Crippen molar-refractivity contribution in [2.75, 3.05) is 26.9 Å². The van der Waals surface area contributed by atoms with Crippen molar-refractivity contribution >= 4 is 12.5 Å². The Hall–Kier alpha value is -3.98. The van der Waals surface area contributed by atoms with Crippen molar-refractivity contribution in [2.45, 2.75) is 5.54 Å². The summed E-state index contributed by atoms with van der Waals surface area (Å²) >= 11 is 0. The second-order valence-electron chi connectivity index (χ2n) is 7.17. The first-order valence-electron chi connectivity index (χ1n) is 10.2. The fourth-order valence-electron chi connectivity index (χ4n) is 3.61. The Bertz CT molecular complexity index is 1140. The normalized spacial score (nSPS) is 17.1. The van der Waals surface area contributed by atoms with Crippen LogP contribution in [0.2, 0.25) is 0 Å². The number of carbonyl (C=O) groups excluding carboxylic acids is 1. The second kappa shape index (κ2) is 10.1. The van der Waals surface area contributed by atoms with E-state index in [2.05, 4.69) is 20.3 Å². The third-order valence-corrected chi connectivity index (χ3v) is 5.20. The smallest absolute Gasteiger partial charge is 0.320 e. The molecule has 1 aromatic heterocycles. The standard InChI is InChI=1S/C24H22FN3O5/c1-30-12-13-31-20-9-7-18(8-10-20)24(15-32-23(27-24)28-33-16-29)19-5-2-4-17(14-19)21-6-3-11-26-22(21)25/h2-11,14,16H,12-13,15H2,1H3,(H,27,28). The summed E-state index contributed by atoms with van der Waals surface area (Å²) in [6.45, 7) is 1.29. The van der Waals surface area contributed by atoms with Crippen molar-refractivity contribution in [3.8, 4) is 16.9 Å². The Morgan fingerprint density at radius 1 is 1.12 bits per heavy atom. The van der Waals surface area contributed by atoms with E-state index in [0.717, 1.165) is 11.1 Å². The van der Waals surface area contributed by atoms with Gasteiger partial charge in [-0.05, 0) is 47.0 Å². The molecule has 0 spiro atoms. The first-order chi connectivity index (χ1) is 16.2. The van der Waals surface area contributed by atoms with E-state index in [1.165, 1.54) is 6.20 Å². The molecule has 0 radical (unpaired) electrons. The summed E-state index contributed by atoms with van der Waals surface area (Å²) in [6.07, 6.45) is 1.40. The molecule has 8 nitrogen and oxygen atoms in total. The number of hydrogen-bond acceptors (Lipinski definition) is 8. The van der Waals surface area contributed by atoms with Crippen LogP contribution >= 0.6 is 0 Å². The number of aromatic nitrogens is 1. The zero-order valence-electron chi connectivity index (χ0n) is 17.9. The molecule has 1 N–H and O–H groups in total. The first-order valence-corrected chi connectivity index (χ1v) is 10.2. The molecular weight excluding hydrogens is 429 g/mol. The second-order valence-corrected chi connectivity index (χ2v) is 7.17. The van der Waals surface area contributed by atoms with Gasteiger partial charge in [-0.3, -0.25) is 4.79 Å². The largest absolute Gasteiger partial charge is 0.491 e. The van der Waals surface area contributed by atoms with E-state index in [-0.39, 0.29) is 19.1 Å². The summed E-state index contributed by atoms with van der Waals surface area (Å²) in [6, 6.07) is 18.2. The number of halogens is 1. The van der Waals surface area contributed by atoms with Crippen LogP contribution in [0.15, 0.2) is 71.9 Å². The molecule has 4 rings (SSSR count). The minimum absolute atomic E-state index is 0.0560. The molecule has 1 aliphatic heterocycles. The number of nitrogens with zero attached hydrogens (tertiary/aromatic N) is 2. The highest BCUT2D eigenvalue weighted by atomic mass is 19.1. The summed E-state index contributed by atoms with van der Waals surface area (Å²) in [5, 5.41) is 0. The molecular formula is C24H22FN3O5. The lowest BCUT2D eigenvalue weighted by Crippen LogP contribution is -2.27. The topological polar surface area (TPSA) is 91.3 Å². The minimum Gasteiger partial charge on any atom is -0.491 e. The average molecular weight is 451 g/mol. The molecule has 0 saturated heterocycles. The van der Waals surface area contributed by atoms with Gasteiger partial charge in [0, 0.05) is 18.9 Å². The van der Waals surface area contributed by atoms with Gasteiger partial charge in [-0.2, -0.15) is 9.87 Å². The van der Waals surface area contributed by atoms with Gasteiger partial charge in [0.05, 0.1) is 6.61 Å². The van der Waals surface area contributed by atoms with Gasteiger partial charge in [0.15, 0.2) is 5.54 Å². The van der Waals surface area contributed by atoms with Crippen LogP contribution < -0.4 is 10.2 Å². The summed E-state index contributed by atoms with van der Waals surface area (Å²) in [7, 11) is 1.61. The number of hydroxylamine groups is 1. The lowest BCUT2D eigenvalue weighted by Gasteiger charge is -2.26. The molecule has 1 atom stereocenters. The van der Waals surface area contributed by atoms with Crippen molar-refractivity contribution in [3.63, 3.8) is 0 Å². The van der Waals surface area contributed by atoms with Gasteiger partial charge < -0.3 is 19.0 Å². The van der Waals surface area contributed by atoms with Gasteiger partial charge in [-0.1, -0.05) is 30.3 Å².